The van der Waals surface area contributed by atoms with E-state index < -0.39 is 12.0 Å². The summed E-state index contributed by atoms with van der Waals surface area (Å²) in [5.74, 6) is -1.76. The fourth-order valence-electron chi connectivity index (χ4n) is 1.78. The van der Waals surface area contributed by atoms with Crippen molar-refractivity contribution in [1.29, 1.82) is 0 Å². The van der Waals surface area contributed by atoms with Crippen LogP contribution in [-0.2, 0) is 0 Å². The van der Waals surface area contributed by atoms with Gasteiger partial charge in [-0.15, -0.1) is 0 Å². The number of halogens is 3. The Morgan fingerprint density at radius 2 is 1.50 bits per heavy atom. The average molecular weight is 230 g/mol. The maximum atomic E-state index is 12.4. The molecule has 1 aromatic carbocycles. The molecule has 0 bridgehead atoms. The lowest BCUT2D eigenvalue weighted by atomic mass is 9.92. The van der Waals surface area contributed by atoms with E-state index in [-0.39, 0.29) is 5.56 Å². The fraction of sp³-hybridized carbons (Fsp3) is 0.417. The van der Waals surface area contributed by atoms with E-state index in [1.165, 1.54) is 6.92 Å². The van der Waals surface area contributed by atoms with Crippen molar-refractivity contribution < 1.29 is 18.0 Å². The van der Waals surface area contributed by atoms with E-state index in [1.807, 2.05) is 6.92 Å². The Morgan fingerprint density at radius 1 is 1.00 bits per heavy atom. The van der Waals surface area contributed by atoms with E-state index in [0.29, 0.717) is 11.1 Å². The molecule has 0 aliphatic carbocycles. The normalized spacial score (nSPS) is 11.7. The molecule has 0 unspecified atom stereocenters. The van der Waals surface area contributed by atoms with Gasteiger partial charge in [0.1, 0.15) is 0 Å². The zero-order valence-electron chi connectivity index (χ0n) is 9.62. The Balaban J connectivity index is 3.47. The van der Waals surface area contributed by atoms with Crippen molar-refractivity contribution in [2.45, 2.75) is 33.9 Å². The van der Waals surface area contributed by atoms with Crippen molar-refractivity contribution in [3.8, 4) is 0 Å². The number of hydrogen-bond donors (Lipinski definition) is 0. The molecule has 0 heterocycles. The number of rotatable bonds is 1. The molecule has 0 spiro atoms. The van der Waals surface area contributed by atoms with Crippen LogP contribution in [0.3, 0.4) is 0 Å². The zero-order chi connectivity index (χ0) is 12.7. The number of ketones is 1. The molecule has 0 saturated heterocycles. The van der Waals surface area contributed by atoms with E-state index in [1.54, 1.807) is 19.9 Å². The molecule has 16 heavy (non-hydrogen) atoms. The van der Waals surface area contributed by atoms with Gasteiger partial charge in [0.25, 0.3) is 5.78 Å². The first kappa shape index (κ1) is 12.7. The minimum Gasteiger partial charge on any atom is -0.284 e. The minimum absolute atomic E-state index is 0.212. The molecule has 0 amide bonds. The van der Waals surface area contributed by atoms with Gasteiger partial charge in [0.15, 0.2) is 0 Å². The number of Topliss-reactive ketones (excluding diaryl/α,β-unsaturated/α-hetero) is 1. The third-order valence-corrected chi connectivity index (χ3v) is 2.84. The number of carbonyl (C=O) groups excluding carboxylic acids is 1. The average Bonchev–Trinajstić information content (AvgIpc) is 2.13. The highest BCUT2D eigenvalue weighted by Gasteiger charge is 2.40. The summed E-state index contributed by atoms with van der Waals surface area (Å²) in [6.45, 7) is 6.61. The smallest absolute Gasteiger partial charge is 0.284 e. The molecule has 0 aliphatic rings. The van der Waals surface area contributed by atoms with Gasteiger partial charge in [-0.3, -0.25) is 4.79 Å². The number of carbonyl (C=O) groups is 1. The van der Waals surface area contributed by atoms with Crippen LogP contribution >= 0.6 is 0 Å². The Kier molecular flexibility index (Phi) is 3.13. The van der Waals surface area contributed by atoms with Gasteiger partial charge < -0.3 is 0 Å². The number of aryl methyl sites for hydroxylation is 2. The molecule has 1 rings (SSSR count). The summed E-state index contributed by atoms with van der Waals surface area (Å²) in [6.07, 6.45) is -4.81. The summed E-state index contributed by atoms with van der Waals surface area (Å²) in [5, 5.41) is 0. The SMILES string of the molecule is Cc1cc(C)c(C(=O)C(F)(F)F)c(C)c1C. The Labute approximate surface area is 92.3 Å². The van der Waals surface area contributed by atoms with Gasteiger partial charge in [-0.05, 0) is 49.9 Å². The van der Waals surface area contributed by atoms with Crippen molar-refractivity contribution >= 4 is 5.78 Å². The fourth-order valence-corrected chi connectivity index (χ4v) is 1.78. The van der Waals surface area contributed by atoms with Crippen molar-refractivity contribution in [2.75, 3.05) is 0 Å². The molecular weight excluding hydrogens is 217 g/mol. The molecule has 0 saturated carbocycles. The lowest BCUT2D eigenvalue weighted by Gasteiger charge is -2.15. The summed E-state index contributed by atoms with van der Waals surface area (Å²) in [7, 11) is 0. The molecule has 88 valence electrons. The molecular formula is C12H13F3O. The summed E-state index contributed by atoms with van der Waals surface area (Å²) in [4.78, 5) is 11.2. The second-order valence-electron chi connectivity index (χ2n) is 3.96. The van der Waals surface area contributed by atoms with E-state index in [0.717, 1.165) is 11.1 Å². The van der Waals surface area contributed by atoms with Crippen LogP contribution < -0.4 is 0 Å². The van der Waals surface area contributed by atoms with Crippen LogP contribution in [0.15, 0.2) is 6.07 Å². The van der Waals surface area contributed by atoms with Gasteiger partial charge in [0.2, 0.25) is 0 Å². The second kappa shape index (κ2) is 3.92. The lowest BCUT2D eigenvalue weighted by Crippen LogP contribution is -2.25. The lowest BCUT2D eigenvalue weighted by molar-refractivity contribution is -0.0886. The van der Waals surface area contributed by atoms with Gasteiger partial charge in [-0.25, -0.2) is 0 Å². The highest BCUT2D eigenvalue weighted by atomic mass is 19.4. The standard InChI is InChI=1S/C12H13F3O/c1-6-5-7(2)10(9(4)8(6)3)11(16)12(13,14)15/h5H,1-4H3. The number of hydrogen-bond acceptors (Lipinski definition) is 1. The maximum absolute atomic E-state index is 12.4. The van der Waals surface area contributed by atoms with Crippen LogP contribution in [0.25, 0.3) is 0 Å². The predicted molar refractivity (Wildman–Crippen MR) is 55.8 cm³/mol. The third-order valence-electron chi connectivity index (χ3n) is 2.84. The highest BCUT2D eigenvalue weighted by Crippen LogP contribution is 2.28. The van der Waals surface area contributed by atoms with E-state index in [2.05, 4.69) is 0 Å². The largest absolute Gasteiger partial charge is 0.454 e. The molecule has 0 fully saturated rings. The summed E-state index contributed by atoms with van der Waals surface area (Å²) < 4.78 is 37.1. The summed E-state index contributed by atoms with van der Waals surface area (Å²) in [5.41, 5.74) is 2.21. The minimum atomic E-state index is -4.81. The number of benzene rings is 1. The molecule has 0 N–H and O–H groups in total. The molecule has 1 aromatic rings. The second-order valence-corrected chi connectivity index (χ2v) is 3.96. The van der Waals surface area contributed by atoms with Crippen LogP contribution in [0.4, 0.5) is 13.2 Å². The summed E-state index contributed by atoms with van der Waals surface area (Å²) in [6, 6.07) is 1.61. The monoisotopic (exact) mass is 230 g/mol. The molecule has 4 heteroatoms. The zero-order valence-corrected chi connectivity index (χ0v) is 9.62. The quantitative estimate of drug-likeness (QED) is 0.673. The van der Waals surface area contributed by atoms with Crippen LogP contribution in [0.2, 0.25) is 0 Å². The van der Waals surface area contributed by atoms with Gasteiger partial charge >= 0.3 is 6.18 Å². The van der Waals surface area contributed by atoms with E-state index in [9.17, 15) is 18.0 Å². The van der Waals surface area contributed by atoms with Crippen molar-refractivity contribution in [3.05, 3.63) is 33.9 Å². The maximum Gasteiger partial charge on any atom is 0.454 e. The first-order valence-electron chi connectivity index (χ1n) is 4.85. The van der Waals surface area contributed by atoms with Crippen molar-refractivity contribution in [3.63, 3.8) is 0 Å². The molecule has 0 atom stereocenters. The van der Waals surface area contributed by atoms with Crippen LogP contribution in [-0.4, -0.2) is 12.0 Å². The highest BCUT2D eigenvalue weighted by molar-refractivity contribution is 6.03. The van der Waals surface area contributed by atoms with Crippen LogP contribution in [0.1, 0.15) is 32.6 Å². The van der Waals surface area contributed by atoms with Gasteiger partial charge in [0, 0.05) is 5.56 Å². The molecule has 0 aromatic heterocycles. The molecule has 0 radical (unpaired) electrons. The van der Waals surface area contributed by atoms with E-state index >= 15 is 0 Å². The van der Waals surface area contributed by atoms with Gasteiger partial charge in [0.05, 0.1) is 0 Å². The first-order valence-corrected chi connectivity index (χ1v) is 4.85. The van der Waals surface area contributed by atoms with Crippen molar-refractivity contribution in [2.24, 2.45) is 0 Å². The van der Waals surface area contributed by atoms with Gasteiger partial charge in [-0.2, -0.15) is 13.2 Å². The Bertz CT molecular complexity index is 445. The number of alkyl halides is 3. The predicted octanol–water partition coefficient (Wildman–Crippen LogP) is 3.67. The van der Waals surface area contributed by atoms with Gasteiger partial charge in [-0.1, -0.05) is 6.07 Å². The first-order chi connectivity index (χ1) is 7.16. The van der Waals surface area contributed by atoms with Crippen molar-refractivity contribution in [1.82, 2.24) is 0 Å². The molecule has 0 aliphatic heterocycles. The Morgan fingerprint density at radius 3 is 1.94 bits per heavy atom. The Hall–Kier alpha value is -1.32. The van der Waals surface area contributed by atoms with Crippen LogP contribution in [0, 0.1) is 27.7 Å². The topological polar surface area (TPSA) is 17.1 Å². The molecule has 1 nitrogen and oxygen atoms in total. The van der Waals surface area contributed by atoms with E-state index in [4.69, 9.17) is 0 Å². The summed E-state index contributed by atoms with van der Waals surface area (Å²) >= 11 is 0. The van der Waals surface area contributed by atoms with Crippen LogP contribution in [0.5, 0.6) is 0 Å². The third kappa shape index (κ3) is 2.10.